The molecule has 1 aromatic rings. The third kappa shape index (κ3) is 9.82. The standard InChI is InChI=1S/C40H49NO9/c1-21-11-9-8-10-12-24(4)40(50)41-30-19-33(45)34-29(39(30)49)18-27(7)38(48)35(34)37(47)26(6)17-25(5)36(46)23(3)14-16-28(42)15-13-22(2)32(44)20-31(21)43/h8-14,16-19,21,23,25,28,31-32,36,42-44,46,48H,15,20H2,1-7H3,(H,41,50)/b10-8-,11-9-,16-14-,22-13-,24-12-,26-17-. The lowest BCUT2D eigenvalue weighted by molar-refractivity contribution is -0.116. The maximum Gasteiger partial charge on any atom is 0.251 e. The fourth-order valence-electron chi connectivity index (χ4n) is 5.71. The summed E-state index contributed by atoms with van der Waals surface area (Å²) in [7, 11) is 0. The van der Waals surface area contributed by atoms with Crippen molar-refractivity contribution in [2.75, 3.05) is 0 Å². The molecule has 10 heteroatoms. The van der Waals surface area contributed by atoms with Gasteiger partial charge in [0.2, 0.25) is 5.78 Å². The summed E-state index contributed by atoms with van der Waals surface area (Å²) in [6.45, 7) is 11.5. The molecule has 0 radical (unpaired) electrons. The molecule has 3 aliphatic rings. The number of carbonyl (C=O) groups excluding carboxylic acids is 4. The highest BCUT2D eigenvalue weighted by Gasteiger charge is 2.34. The van der Waals surface area contributed by atoms with Gasteiger partial charge in [-0.15, -0.1) is 0 Å². The van der Waals surface area contributed by atoms with Crippen molar-refractivity contribution in [2.45, 2.75) is 85.7 Å². The van der Waals surface area contributed by atoms with Gasteiger partial charge < -0.3 is 30.8 Å². The fraction of sp³-hybridized carbons (Fsp3) is 0.400. The smallest absolute Gasteiger partial charge is 0.251 e. The number of carbonyl (C=O) groups is 4. The van der Waals surface area contributed by atoms with Crippen molar-refractivity contribution in [3.63, 3.8) is 0 Å². The van der Waals surface area contributed by atoms with Gasteiger partial charge in [-0.3, -0.25) is 19.2 Å². The molecule has 0 saturated carbocycles. The molecule has 4 rings (SSSR count). The van der Waals surface area contributed by atoms with E-state index in [0.29, 0.717) is 5.57 Å². The normalized spacial score (nSPS) is 33.2. The maximum atomic E-state index is 13.8. The van der Waals surface area contributed by atoms with E-state index in [0.717, 1.165) is 6.08 Å². The number of nitrogens with one attached hydrogen (secondary N) is 1. The van der Waals surface area contributed by atoms with E-state index < -0.39 is 65.3 Å². The van der Waals surface area contributed by atoms with Crippen LogP contribution in [-0.2, 0) is 4.79 Å². The zero-order chi connectivity index (χ0) is 37.4. The number of ketones is 3. The largest absolute Gasteiger partial charge is 0.507 e. The Bertz CT molecular complexity index is 1720. The first-order valence-electron chi connectivity index (χ1n) is 16.7. The summed E-state index contributed by atoms with van der Waals surface area (Å²) in [5.74, 6) is -4.53. The molecule has 2 aliphatic heterocycles. The number of hydrogen-bond donors (Lipinski definition) is 6. The van der Waals surface area contributed by atoms with Crippen LogP contribution in [0.4, 0.5) is 0 Å². The number of allylic oxidation sites excluding steroid dienone is 7. The van der Waals surface area contributed by atoms with E-state index in [4.69, 9.17) is 0 Å². The first kappa shape index (κ1) is 40.0. The quantitative estimate of drug-likeness (QED) is 0.207. The second-order valence-electron chi connectivity index (χ2n) is 13.4. The summed E-state index contributed by atoms with van der Waals surface area (Å²) < 4.78 is 0. The highest BCUT2D eigenvalue weighted by Crippen LogP contribution is 2.35. The number of phenols is 1. The minimum atomic E-state index is -0.973. The van der Waals surface area contributed by atoms with E-state index in [9.17, 15) is 44.7 Å². The van der Waals surface area contributed by atoms with Gasteiger partial charge in [0.1, 0.15) is 5.75 Å². The topological polar surface area (TPSA) is 181 Å². The molecule has 0 spiro atoms. The highest BCUT2D eigenvalue weighted by atomic mass is 16.3. The van der Waals surface area contributed by atoms with Gasteiger partial charge in [0.25, 0.3) is 5.91 Å². The number of aliphatic hydroxyl groups excluding tert-OH is 4. The lowest BCUT2D eigenvalue weighted by atomic mass is 9.83. The third-order valence-corrected chi connectivity index (χ3v) is 9.18. The minimum absolute atomic E-state index is 0.0843. The lowest BCUT2D eigenvalue weighted by Crippen LogP contribution is -2.32. The molecule has 7 unspecified atom stereocenters. The van der Waals surface area contributed by atoms with Crippen LogP contribution in [0.25, 0.3) is 0 Å². The molecular formula is C40H49NO9. The zero-order valence-electron chi connectivity index (χ0n) is 29.7. The van der Waals surface area contributed by atoms with Crippen molar-refractivity contribution < 1.29 is 44.7 Å². The lowest BCUT2D eigenvalue weighted by Gasteiger charge is -2.22. The number of aryl methyl sites for hydroxylation is 1. The molecule has 268 valence electrons. The van der Waals surface area contributed by atoms with E-state index in [1.165, 1.54) is 39.0 Å². The Morgan fingerprint density at radius 3 is 2.12 bits per heavy atom. The number of benzene rings is 1. The molecule has 1 aliphatic carbocycles. The number of fused-ring (bicyclic) bond motifs is 18. The van der Waals surface area contributed by atoms with Crippen LogP contribution in [-0.4, -0.2) is 73.2 Å². The van der Waals surface area contributed by atoms with E-state index in [1.54, 1.807) is 70.2 Å². The van der Waals surface area contributed by atoms with Crippen molar-refractivity contribution >= 4 is 23.3 Å². The number of aliphatic hydroxyl groups is 4. The molecule has 0 fully saturated rings. The van der Waals surface area contributed by atoms with Crippen LogP contribution < -0.4 is 5.32 Å². The van der Waals surface area contributed by atoms with E-state index in [-0.39, 0.29) is 57.9 Å². The Morgan fingerprint density at radius 2 is 1.44 bits per heavy atom. The second kappa shape index (κ2) is 17.4. The molecule has 4 bridgehead atoms. The fourth-order valence-corrected chi connectivity index (χ4v) is 5.71. The van der Waals surface area contributed by atoms with Gasteiger partial charge >= 0.3 is 0 Å². The Hall–Kier alpha value is -4.48. The van der Waals surface area contributed by atoms with Crippen molar-refractivity contribution in [1.82, 2.24) is 5.32 Å². The van der Waals surface area contributed by atoms with E-state index in [1.807, 2.05) is 0 Å². The number of rotatable bonds is 0. The van der Waals surface area contributed by atoms with Gasteiger partial charge in [-0.25, -0.2) is 0 Å². The predicted octanol–water partition coefficient (Wildman–Crippen LogP) is 4.92. The number of aromatic hydroxyl groups is 1. The maximum absolute atomic E-state index is 13.8. The van der Waals surface area contributed by atoms with Crippen LogP contribution in [0.1, 0.15) is 91.0 Å². The average Bonchev–Trinajstić information content (AvgIpc) is 3.07. The van der Waals surface area contributed by atoms with Crippen molar-refractivity contribution in [3.8, 4) is 5.75 Å². The van der Waals surface area contributed by atoms with Gasteiger partial charge in [-0.1, -0.05) is 75.5 Å². The molecule has 10 nitrogen and oxygen atoms in total. The summed E-state index contributed by atoms with van der Waals surface area (Å²) >= 11 is 0. The highest BCUT2D eigenvalue weighted by molar-refractivity contribution is 6.30. The van der Waals surface area contributed by atoms with Crippen LogP contribution >= 0.6 is 0 Å². The summed E-state index contributed by atoms with van der Waals surface area (Å²) in [5.41, 5.74) is 0.137. The summed E-state index contributed by atoms with van der Waals surface area (Å²) in [4.78, 5) is 53.6. The Balaban J connectivity index is 2.04. The van der Waals surface area contributed by atoms with Crippen LogP contribution in [0.5, 0.6) is 5.75 Å². The molecule has 1 amide bonds. The summed E-state index contributed by atoms with van der Waals surface area (Å²) in [6.07, 6.45) is 12.2. The molecule has 7 atom stereocenters. The molecule has 0 aromatic heterocycles. The zero-order valence-corrected chi connectivity index (χ0v) is 29.7. The van der Waals surface area contributed by atoms with Gasteiger partial charge in [0, 0.05) is 47.0 Å². The van der Waals surface area contributed by atoms with Crippen molar-refractivity contribution in [2.24, 2.45) is 17.8 Å². The molecule has 0 saturated heterocycles. The molecule has 1 aromatic carbocycles. The van der Waals surface area contributed by atoms with Crippen molar-refractivity contribution in [3.05, 3.63) is 111 Å². The Kier molecular flexibility index (Phi) is 13.9. The van der Waals surface area contributed by atoms with Gasteiger partial charge in [0.05, 0.1) is 35.7 Å². The predicted molar refractivity (Wildman–Crippen MR) is 192 cm³/mol. The van der Waals surface area contributed by atoms with Crippen LogP contribution in [0.2, 0.25) is 0 Å². The van der Waals surface area contributed by atoms with Gasteiger partial charge in [-0.05, 0) is 56.9 Å². The monoisotopic (exact) mass is 687 g/mol. The molecule has 2 heterocycles. The summed E-state index contributed by atoms with van der Waals surface area (Å²) in [5, 5.41) is 56.3. The molecule has 50 heavy (non-hydrogen) atoms. The Morgan fingerprint density at radius 1 is 0.760 bits per heavy atom. The molecule has 6 N–H and O–H groups in total. The SMILES string of the molecule is C/C1=C/C=C\C=C/C(C)C(O)CC(O)/C(C)=C\CC(O)/C=C\C(C)C(O)C(C)/C=C(/C)C(=O)c2c(O)c(C)cc3c2C(=O)C=C(NC1=O)C3=O. The first-order chi connectivity index (χ1) is 23.4. The number of amides is 1. The molecular weight excluding hydrogens is 638 g/mol. The van der Waals surface area contributed by atoms with Crippen molar-refractivity contribution in [1.29, 1.82) is 0 Å². The second-order valence-corrected chi connectivity index (χ2v) is 13.4. The minimum Gasteiger partial charge on any atom is -0.507 e. The van der Waals surface area contributed by atoms with Gasteiger partial charge in [-0.2, -0.15) is 0 Å². The summed E-state index contributed by atoms with van der Waals surface area (Å²) in [6, 6.07) is 1.31. The number of Topliss-reactive ketones (excluding diaryl/α,β-unsaturated/α-hetero) is 2. The van der Waals surface area contributed by atoms with Gasteiger partial charge in [0.15, 0.2) is 11.6 Å². The Labute approximate surface area is 293 Å². The first-order valence-corrected chi connectivity index (χ1v) is 16.7. The third-order valence-electron chi connectivity index (χ3n) is 9.18. The van der Waals surface area contributed by atoms with E-state index >= 15 is 0 Å². The van der Waals surface area contributed by atoms with Crippen LogP contribution in [0, 0.1) is 24.7 Å². The number of phenolic OH excluding ortho intramolecular Hbond substituents is 1. The number of hydrogen-bond acceptors (Lipinski definition) is 9. The van der Waals surface area contributed by atoms with Crippen LogP contribution in [0.3, 0.4) is 0 Å². The average molecular weight is 688 g/mol. The van der Waals surface area contributed by atoms with Crippen LogP contribution in [0.15, 0.2) is 89.2 Å². The van der Waals surface area contributed by atoms with E-state index in [2.05, 4.69) is 5.32 Å².